The minimum Gasteiger partial charge on any atom is -0.378 e. The summed E-state index contributed by atoms with van der Waals surface area (Å²) in [7, 11) is 1.67. The quantitative estimate of drug-likeness (QED) is 0.851. The van der Waals surface area contributed by atoms with Crippen molar-refractivity contribution in [2.24, 2.45) is 0 Å². The van der Waals surface area contributed by atoms with Gasteiger partial charge in [-0.3, -0.25) is 14.2 Å². The Bertz CT molecular complexity index is 675. The summed E-state index contributed by atoms with van der Waals surface area (Å²) < 4.78 is 9.16. The second-order valence-corrected chi connectivity index (χ2v) is 5.53. The van der Waals surface area contributed by atoms with Gasteiger partial charge in [0.25, 0.3) is 5.91 Å². The summed E-state index contributed by atoms with van der Waals surface area (Å²) in [5.74, 6) is -0.0147. The molecule has 7 nitrogen and oxygen atoms in total. The fraction of sp³-hybridized carbons (Fsp3) is 0.533. The summed E-state index contributed by atoms with van der Waals surface area (Å²) in [6, 6.07) is 3.79. The van der Waals surface area contributed by atoms with Crippen LogP contribution in [0.2, 0.25) is 0 Å². The van der Waals surface area contributed by atoms with Gasteiger partial charge < -0.3 is 9.64 Å². The summed E-state index contributed by atoms with van der Waals surface area (Å²) in [5, 5.41) is 8.66. The summed E-state index contributed by atoms with van der Waals surface area (Å²) in [6.45, 7) is 6.30. The summed E-state index contributed by atoms with van der Waals surface area (Å²) in [5.41, 5.74) is 2.50. The normalized spacial score (nSPS) is 18.1. The average molecular weight is 303 g/mol. The molecule has 0 saturated carbocycles. The van der Waals surface area contributed by atoms with E-state index in [4.69, 9.17) is 4.74 Å². The van der Waals surface area contributed by atoms with Crippen LogP contribution in [0.25, 0.3) is 0 Å². The Balaban J connectivity index is 1.91. The lowest BCUT2D eigenvalue weighted by atomic mass is 10.2. The van der Waals surface area contributed by atoms with Gasteiger partial charge >= 0.3 is 0 Å². The van der Waals surface area contributed by atoms with E-state index >= 15 is 0 Å². The molecule has 7 heteroatoms. The Kier molecular flexibility index (Phi) is 3.98. The Morgan fingerprint density at radius 3 is 3.00 bits per heavy atom. The lowest BCUT2D eigenvalue weighted by molar-refractivity contribution is 0.0442. The van der Waals surface area contributed by atoms with E-state index in [0.29, 0.717) is 31.9 Å². The van der Waals surface area contributed by atoms with Crippen LogP contribution in [0.1, 0.15) is 28.8 Å². The molecular weight excluding hydrogens is 282 g/mol. The predicted molar refractivity (Wildman–Crippen MR) is 80.4 cm³/mol. The van der Waals surface area contributed by atoms with Crippen molar-refractivity contribution >= 4 is 5.91 Å². The number of carbonyl (C=O) groups is 1. The molecule has 1 aliphatic heterocycles. The van der Waals surface area contributed by atoms with E-state index in [-0.39, 0.29) is 12.0 Å². The number of fused-ring (bicyclic) bond motifs is 1. The number of methoxy groups -OCH3 is 1. The molecule has 0 saturated heterocycles. The number of amides is 1. The molecule has 0 spiro atoms. The van der Waals surface area contributed by atoms with Crippen molar-refractivity contribution in [2.75, 3.05) is 13.7 Å². The van der Waals surface area contributed by atoms with Crippen LogP contribution in [0.15, 0.2) is 18.3 Å². The van der Waals surface area contributed by atoms with Crippen LogP contribution in [0, 0.1) is 6.92 Å². The van der Waals surface area contributed by atoms with Gasteiger partial charge in [-0.15, -0.1) is 0 Å². The van der Waals surface area contributed by atoms with Crippen molar-refractivity contribution < 1.29 is 9.53 Å². The third kappa shape index (κ3) is 2.64. The third-order valence-corrected chi connectivity index (χ3v) is 4.00. The highest BCUT2D eigenvalue weighted by atomic mass is 16.5. The zero-order chi connectivity index (χ0) is 15.7. The number of ether oxygens (including phenoxy) is 1. The van der Waals surface area contributed by atoms with Crippen molar-refractivity contribution in [1.82, 2.24) is 24.5 Å². The molecule has 0 aliphatic carbocycles. The first-order valence-corrected chi connectivity index (χ1v) is 7.49. The maximum Gasteiger partial charge on any atom is 0.272 e. The van der Waals surface area contributed by atoms with Crippen molar-refractivity contribution in [1.29, 1.82) is 0 Å². The molecule has 22 heavy (non-hydrogen) atoms. The molecule has 3 rings (SSSR count). The topological polar surface area (TPSA) is 65.2 Å². The van der Waals surface area contributed by atoms with Crippen LogP contribution in [-0.2, 0) is 24.4 Å². The van der Waals surface area contributed by atoms with Crippen LogP contribution in [-0.4, -0.2) is 50.1 Å². The molecule has 3 heterocycles. The smallest absolute Gasteiger partial charge is 0.272 e. The number of hydrogen-bond donors (Lipinski definition) is 0. The first kappa shape index (κ1) is 14.8. The Labute approximate surface area is 129 Å². The van der Waals surface area contributed by atoms with Crippen molar-refractivity contribution in [2.45, 2.75) is 39.6 Å². The van der Waals surface area contributed by atoms with Crippen molar-refractivity contribution in [3.63, 3.8) is 0 Å². The monoisotopic (exact) mass is 303 g/mol. The SMILES string of the molecule is CCn1nc(C)cc1C(=O)N1Cc2ccnn2C[C@H](OC)C1. The molecule has 1 amide bonds. The van der Waals surface area contributed by atoms with Gasteiger partial charge in [0.15, 0.2) is 0 Å². The van der Waals surface area contributed by atoms with Gasteiger partial charge in [-0.1, -0.05) is 0 Å². The van der Waals surface area contributed by atoms with E-state index in [9.17, 15) is 4.79 Å². The van der Waals surface area contributed by atoms with Gasteiger partial charge in [-0.25, -0.2) is 0 Å². The van der Waals surface area contributed by atoms with Gasteiger partial charge in [0.1, 0.15) is 5.69 Å². The molecule has 2 aromatic rings. The maximum atomic E-state index is 12.9. The molecule has 1 atom stereocenters. The van der Waals surface area contributed by atoms with Crippen LogP contribution < -0.4 is 0 Å². The number of carbonyl (C=O) groups excluding carboxylic acids is 1. The van der Waals surface area contributed by atoms with Gasteiger partial charge in [0.05, 0.1) is 30.6 Å². The molecule has 118 valence electrons. The number of rotatable bonds is 3. The zero-order valence-electron chi connectivity index (χ0n) is 13.2. The van der Waals surface area contributed by atoms with E-state index in [1.165, 1.54) is 0 Å². The van der Waals surface area contributed by atoms with Crippen molar-refractivity contribution in [3.8, 4) is 0 Å². The second-order valence-electron chi connectivity index (χ2n) is 5.53. The lowest BCUT2D eigenvalue weighted by Gasteiger charge is -2.23. The fourth-order valence-electron chi connectivity index (χ4n) is 2.84. The number of aromatic nitrogens is 4. The second kappa shape index (κ2) is 5.92. The first-order valence-electron chi connectivity index (χ1n) is 7.49. The number of aryl methyl sites for hydroxylation is 2. The van der Waals surface area contributed by atoms with Gasteiger partial charge in [-0.05, 0) is 26.0 Å². The van der Waals surface area contributed by atoms with E-state index in [0.717, 1.165) is 11.4 Å². The Morgan fingerprint density at radius 1 is 1.45 bits per heavy atom. The standard InChI is InChI=1S/C15H21N5O2/c1-4-19-14(7-11(2)17-19)15(21)18-8-12-5-6-16-20(12)10-13(9-18)22-3/h5-7,13H,4,8-10H2,1-3H3/t13-/m1/s1. The number of nitrogens with zero attached hydrogens (tertiary/aromatic N) is 5. The van der Waals surface area contributed by atoms with Crippen LogP contribution in [0.5, 0.6) is 0 Å². The fourth-order valence-corrected chi connectivity index (χ4v) is 2.84. The molecular formula is C15H21N5O2. The summed E-state index contributed by atoms with van der Waals surface area (Å²) in [4.78, 5) is 14.7. The third-order valence-electron chi connectivity index (χ3n) is 4.00. The molecule has 0 bridgehead atoms. The summed E-state index contributed by atoms with van der Waals surface area (Å²) in [6.07, 6.45) is 1.69. The Morgan fingerprint density at radius 2 is 2.27 bits per heavy atom. The average Bonchev–Trinajstić information content (AvgIpc) is 3.06. The van der Waals surface area contributed by atoms with E-state index in [1.54, 1.807) is 18.0 Å². The largest absolute Gasteiger partial charge is 0.378 e. The first-order chi connectivity index (χ1) is 10.6. The van der Waals surface area contributed by atoms with E-state index < -0.39 is 0 Å². The van der Waals surface area contributed by atoms with Crippen molar-refractivity contribution in [3.05, 3.63) is 35.4 Å². The zero-order valence-corrected chi connectivity index (χ0v) is 13.2. The molecule has 0 unspecified atom stereocenters. The van der Waals surface area contributed by atoms with Crippen LogP contribution in [0.3, 0.4) is 0 Å². The summed E-state index contributed by atoms with van der Waals surface area (Å²) >= 11 is 0. The maximum absolute atomic E-state index is 12.9. The van der Waals surface area contributed by atoms with Gasteiger partial charge in [0, 0.05) is 26.4 Å². The molecule has 0 N–H and O–H groups in total. The van der Waals surface area contributed by atoms with Crippen LogP contribution in [0.4, 0.5) is 0 Å². The minimum atomic E-state index is -0.0656. The lowest BCUT2D eigenvalue weighted by Crippen LogP contribution is -2.37. The molecule has 1 aliphatic rings. The number of hydrogen-bond acceptors (Lipinski definition) is 4. The highest BCUT2D eigenvalue weighted by Gasteiger charge is 2.27. The molecule has 0 aromatic carbocycles. The molecule has 0 fully saturated rings. The predicted octanol–water partition coefficient (Wildman–Crippen LogP) is 1.08. The molecule has 2 aromatic heterocycles. The van der Waals surface area contributed by atoms with Gasteiger partial charge in [-0.2, -0.15) is 10.2 Å². The highest BCUT2D eigenvalue weighted by molar-refractivity contribution is 5.92. The Hall–Kier alpha value is -2.15. The van der Waals surface area contributed by atoms with E-state index in [2.05, 4.69) is 10.2 Å². The molecule has 0 radical (unpaired) electrons. The van der Waals surface area contributed by atoms with E-state index in [1.807, 2.05) is 35.6 Å². The minimum absolute atomic E-state index is 0.0147. The highest BCUT2D eigenvalue weighted by Crippen LogP contribution is 2.17. The van der Waals surface area contributed by atoms with Crippen LogP contribution >= 0.6 is 0 Å². The van der Waals surface area contributed by atoms with Gasteiger partial charge in [0.2, 0.25) is 0 Å².